The largest absolute Gasteiger partial charge is 0.454 e. The van der Waals surface area contributed by atoms with E-state index in [1.54, 1.807) is 0 Å². The summed E-state index contributed by atoms with van der Waals surface area (Å²) in [6, 6.07) is 9.95. The van der Waals surface area contributed by atoms with Gasteiger partial charge in [0, 0.05) is 0 Å². The highest BCUT2D eigenvalue weighted by Crippen LogP contribution is 2.41. The van der Waals surface area contributed by atoms with E-state index in [9.17, 15) is 4.79 Å². The second kappa shape index (κ2) is 4.49. The Labute approximate surface area is 94.9 Å². The lowest BCUT2D eigenvalue weighted by atomic mass is 10.2. The van der Waals surface area contributed by atoms with Crippen LogP contribution >= 0.6 is 0 Å². The van der Waals surface area contributed by atoms with Gasteiger partial charge in [-0.15, -0.1) is 0 Å². The second-order valence-electron chi connectivity index (χ2n) is 3.99. The number of rotatable bonds is 4. The van der Waals surface area contributed by atoms with Crippen molar-refractivity contribution in [1.29, 1.82) is 0 Å². The Morgan fingerprint density at radius 2 is 2.06 bits per heavy atom. The van der Waals surface area contributed by atoms with E-state index < -0.39 is 0 Å². The standard InChI is InChI=1S/C13H15NO2/c14-10-12(15)16-13(8-9-13)7-6-11-4-2-1-3-5-11/h1-7H,8-10,14H2. The molecule has 0 atom stereocenters. The molecule has 0 aromatic heterocycles. The molecule has 1 aromatic carbocycles. The Hall–Kier alpha value is -1.61. The van der Waals surface area contributed by atoms with Gasteiger partial charge in [0.15, 0.2) is 0 Å². The van der Waals surface area contributed by atoms with Gasteiger partial charge in [0.25, 0.3) is 0 Å². The van der Waals surface area contributed by atoms with Crippen molar-refractivity contribution in [2.24, 2.45) is 5.73 Å². The maximum absolute atomic E-state index is 11.1. The number of carbonyl (C=O) groups is 1. The molecule has 1 aliphatic carbocycles. The van der Waals surface area contributed by atoms with Gasteiger partial charge in [-0.05, 0) is 24.5 Å². The summed E-state index contributed by atoms with van der Waals surface area (Å²) in [6.07, 6.45) is 5.72. The van der Waals surface area contributed by atoms with E-state index in [1.165, 1.54) is 0 Å². The first-order valence-electron chi connectivity index (χ1n) is 5.40. The van der Waals surface area contributed by atoms with E-state index in [4.69, 9.17) is 10.5 Å². The summed E-state index contributed by atoms with van der Waals surface area (Å²) in [7, 11) is 0. The predicted molar refractivity (Wildman–Crippen MR) is 62.6 cm³/mol. The number of carbonyl (C=O) groups excluding carboxylic acids is 1. The van der Waals surface area contributed by atoms with Crippen molar-refractivity contribution in [3.63, 3.8) is 0 Å². The molecule has 1 saturated carbocycles. The Bertz CT molecular complexity index is 394. The highest BCUT2D eigenvalue weighted by molar-refractivity contribution is 5.72. The minimum atomic E-state index is -0.383. The number of esters is 1. The number of hydrogen-bond donors (Lipinski definition) is 1. The highest BCUT2D eigenvalue weighted by Gasteiger charge is 2.44. The molecular formula is C13H15NO2. The lowest BCUT2D eigenvalue weighted by Crippen LogP contribution is -2.23. The van der Waals surface area contributed by atoms with Gasteiger partial charge < -0.3 is 10.5 Å². The van der Waals surface area contributed by atoms with Gasteiger partial charge in [0.05, 0.1) is 6.54 Å². The second-order valence-corrected chi connectivity index (χ2v) is 3.99. The van der Waals surface area contributed by atoms with Crippen LogP contribution in [0.25, 0.3) is 6.08 Å². The number of ether oxygens (including phenoxy) is 1. The summed E-state index contributed by atoms with van der Waals surface area (Å²) >= 11 is 0. The van der Waals surface area contributed by atoms with E-state index in [2.05, 4.69) is 0 Å². The number of benzene rings is 1. The third-order valence-corrected chi connectivity index (χ3v) is 2.61. The van der Waals surface area contributed by atoms with Gasteiger partial charge in [-0.1, -0.05) is 36.4 Å². The molecule has 0 saturated heterocycles. The van der Waals surface area contributed by atoms with E-state index in [-0.39, 0.29) is 18.1 Å². The quantitative estimate of drug-likeness (QED) is 0.781. The van der Waals surface area contributed by atoms with Gasteiger partial charge in [-0.2, -0.15) is 0 Å². The van der Waals surface area contributed by atoms with E-state index in [0.29, 0.717) is 0 Å². The molecule has 0 bridgehead atoms. The fourth-order valence-electron chi connectivity index (χ4n) is 1.51. The zero-order valence-electron chi connectivity index (χ0n) is 9.06. The van der Waals surface area contributed by atoms with Crippen LogP contribution in [0.5, 0.6) is 0 Å². The molecule has 0 radical (unpaired) electrons. The third-order valence-electron chi connectivity index (χ3n) is 2.61. The lowest BCUT2D eigenvalue weighted by Gasteiger charge is -2.11. The van der Waals surface area contributed by atoms with Crippen LogP contribution in [0.1, 0.15) is 18.4 Å². The molecule has 0 heterocycles. The van der Waals surface area contributed by atoms with Crippen molar-refractivity contribution in [3.05, 3.63) is 42.0 Å². The summed E-state index contributed by atoms with van der Waals surface area (Å²) < 4.78 is 5.27. The van der Waals surface area contributed by atoms with E-state index in [1.807, 2.05) is 42.5 Å². The lowest BCUT2D eigenvalue weighted by molar-refractivity contribution is -0.146. The van der Waals surface area contributed by atoms with Crippen molar-refractivity contribution in [2.75, 3.05) is 6.54 Å². The molecule has 0 spiro atoms. The average molecular weight is 217 g/mol. The summed E-state index contributed by atoms with van der Waals surface area (Å²) in [4.78, 5) is 11.1. The molecule has 2 N–H and O–H groups in total. The van der Waals surface area contributed by atoms with Crippen molar-refractivity contribution < 1.29 is 9.53 Å². The monoisotopic (exact) mass is 217 g/mol. The minimum Gasteiger partial charge on any atom is -0.454 e. The first kappa shape index (κ1) is 10.9. The summed E-state index contributed by atoms with van der Waals surface area (Å²) in [5.74, 6) is -0.338. The normalized spacial score (nSPS) is 17.3. The van der Waals surface area contributed by atoms with Crippen LogP contribution in [-0.2, 0) is 9.53 Å². The molecule has 0 amide bonds. The molecule has 0 unspecified atom stereocenters. The maximum Gasteiger partial charge on any atom is 0.320 e. The fraction of sp³-hybridized carbons (Fsp3) is 0.308. The van der Waals surface area contributed by atoms with Crippen LogP contribution in [0.4, 0.5) is 0 Å². The van der Waals surface area contributed by atoms with Crippen LogP contribution in [0.15, 0.2) is 36.4 Å². The Kier molecular flexibility index (Phi) is 3.06. The van der Waals surface area contributed by atoms with Gasteiger partial charge in [0.1, 0.15) is 5.60 Å². The first-order valence-corrected chi connectivity index (χ1v) is 5.40. The molecular weight excluding hydrogens is 202 g/mol. The van der Waals surface area contributed by atoms with Gasteiger partial charge in [0.2, 0.25) is 0 Å². The third kappa shape index (κ3) is 2.70. The molecule has 1 aromatic rings. The zero-order valence-corrected chi connectivity index (χ0v) is 9.06. The predicted octanol–water partition coefficient (Wildman–Crippen LogP) is 1.73. The van der Waals surface area contributed by atoms with Crippen LogP contribution in [0.3, 0.4) is 0 Å². The maximum atomic E-state index is 11.1. The molecule has 2 rings (SSSR count). The Morgan fingerprint density at radius 1 is 1.38 bits per heavy atom. The van der Waals surface area contributed by atoms with Gasteiger partial charge >= 0.3 is 5.97 Å². The molecule has 1 fully saturated rings. The first-order chi connectivity index (χ1) is 7.74. The fourth-order valence-corrected chi connectivity index (χ4v) is 1.51. The van der Waals surface area contributed by atoms with E-state index in [0.717, 1.165) is 18.4 Å². The van der Waals surface area contributed by atoms with Gasteiger partial charge in [-0.25, -0.2) is 0 Å². The Morgan fingerprint density at radius 3 is 2.62 bits per heavy atom. The average Bonchev–Trinajstić information content (AvgIpc) is 3.08. The summed E-state index contributed by atoms with van der Waals surface area (Å²) in [5, 5.41) is 0. The van der Waals surface area contributed by atoms with Crippen LogP contribution in [-0.4, -0.2) is 18.1 Å². The highest BCUT2D eigenvalue weighted by atomic mass is 16.6. The zero-order chi connectivity index (χ0) is 11.4. The van der Waals surface area contributed by atoms with Crippen molar-refractivity contribution >= 4 is 12.0 Å². The van der Waals surface area contributed by atoms with Crippen LogP contribution < -0.4 is 5.73 Å². The topological polar surface area (TPSA) is 52.3 Å². The molecule has 3 heteroatoms. The van der Waals surface area contributed by atoms with Crippen molar-refractivity contribution in [3.8, 4) is 0 Å². The number of nitrogens with two attached hydrogens (primary N) is 1. The Balaban J connectivity index is 1.99. The molecule has 3 nitrogen and oxygen atoms in total. The smallest absolute Gasteiger partial charge is 0.320 e. The van der Waals surface area contributed by atoms with Crippen molar-refractivity contribution in [1.82, 2.24) is 0 Å². The van der Waals surface area contributed by atoms with Crippen LogP contribution in [0, 0.1) is 0 Å². The SMILES string of the molecule is NCC(=O)OC1(C=Cc2ccccc2)CC1. The molecule has 16 heavy (non-hydrogen) atoms. The molecule has 0 aliphatic heterocycles. The van der Waals surface area contributed by atoms with Gasteiger partial charge in [-0.3, -0.25) is 4.79 Å². The van der Waals surface area contributed by atoms with Crippen LogP contribution in [0.2, 0.25) is 0 Å². The minimum absolute atomic E-state index is 0.0546. The summed E-state index contributed by atoms with van der Waals surface area (Å²) in [5.41, 5.74) is 5.94. The van der Waals surface area contributed by atoms with E-state index >= 15 is 0 Å². The number of hydrogen-bond acceptors (Lipinski definition) is 3. The summed E-state index contributed by atoms with van der Waals surface area (Å²) in [6.45, 7) is -0.0546. The van der Waals surface area contributed by atoms with Crippen molar-refractivity contribution in [2.45, 2.75) is 18.4 Å². The molecule has 84 valence electrons. The molecule has 1 aliphatic rings.